The normalized spacial score (nSPS) is 22.8. The van der Waals surface area contributed by atoms with Crippen molar-refractivity contribution < 1.29 is 0 Å². The molecule has 0 heterocycles. The van der Waals surface area contributed by atoms with Crippen LogP contribution in [0.15, 0.2) is 30.3 Å². The van der Waals surface area contributed by atoms with Crippen LogP contribution >= 0.6 is 0 Å². The maximum absolute atomic E-state index is 2.48. The van der Waals surface area contributed by atoms with Crippen LogP contribution in [0.2, 0.25) is 7.87 Å². The summed E-state index contributed by atoms with van der Waals surface area (Å²) < 4.78 is 4.17. The summed E-state index contributed by atoms with van der Waals surface area (Å²) in [6, 6.07) is 11.8. The molecule has 0 atom stereocenters. The van der Waals surface area contributed by atoms with Crippen LogP contribution < -0.4 is 3.58 Å². The predicted molar refractivity (Wildman–Crippen MR) is 85.5 cm³/mol. The van der Waals surface area contributed by atoms with Crippen LogP contribution in [-0.4, -0.2) is 19.8 Å². The summed E-state index contributed by atoms with van der Waals surface area (Å²) in [6.45, 7) is 0. The first-order chi connectivity index (χ1) is 9.45. The van der Waals surface area contributed by atoms with Crippen LogP contribution in [0, 0.1) is 0 Å². The first-order valence-corrected chi connectivity index (χ1v) is 13.1. The Morgan fingerprint density at radius 3 is 1.58 bits per heavy atom. The Balaban J connectivity index is 1.81. The topological polar surface area (TPSA) is 0 Å². The summed E-state index contributed by atoms with van der Waals surface area (Å²) in [6.07, 6.45) is 15.4. The zero-order chi connectivity index (χ0) is 12.9. The van der Waals surface area contributed by atoms with Gasteiger partial charge in [-0.15, -0.1) is 0 Å². The van der Waals surface area contributed by atoms with E-state index < -0.39 is 19.8 Å². The van der Waals surface area contributed by atoms with Gasteiger partial charge in [-0.3, -0.25) is 0 Å². The Labute approximate surface area is 125 Å². The van der Waals surface area contributed by atoms with Crippen molar-refractivity contribution in [1.29, 1.82) is 0 Å². The summed E-state index contributed by atoms with van der Waals surface area (Å²) in [5.74, 6) is 0. The summed E-state index contributed by atoms with van der Waals surface area (Å²) in [7, 11) is 0. The quantitative estimate of drug-likeness (QED) is 0.660. The number of hydrogen-bond donors (Lipinski definition) is 0. The van der Waals surface area contributed by atoms with E-state index in [2.05, 4.69) is 30.3 Å². The number of benzene rings is 1. The van der Waals surface area contributed by atoms with E-state index in [4.69, 9.17) is 0 Å². The summed E-state index contributed by atoms with van der Waals surface area (Å²) in [5, 5.41) is 0. The maximum atomic E-state index is 2.48. The summed E-state index contributed by atoms with van der Waals surface area (Å²) in [4.78, 5) is 0. The van der Waals surface area contributed by atoms with E-state index >= 15 is 0 Å². The summed E-state index contributed by atoms with van der Waals surface area (Å²) >= 11 is -1.43. The van der Waals surface area contributed by atoms with E-state index in [1.54, 1.807) is 25.7 Å². The average Bonchev–Trinajstić information content (AvgIpc) is 2.51. The van der Waals surface area contributed by atoms with Gasteiger partial charge in [0.15, 0.2) is 0 Å². The van der Waals surface area contributed by atoms with E-state index in [9.17, 15) is 0 Å². The number of hydrogen-bond acceptors (Lipinski definition) is 0. The van der Waals surface area contributed by atoms with E-state index in [1.165, 1.54) is 46.4 Å². The van der Waals surface area contributed by atoms with E-state index in [0.29, 0.717) is 0 Å². The molecule has 103 valence electrons. The fourth-order valence-electron chi connectivity index (χ4n) is 4.26. The second-order valence-electron chi connectivity index (χ2n) is 6.49. The Morgan fingerprint density at radius 2 is 1.11 bits per heavy atom. The molecule has 0 nitrogen and oxygen atoms in total. The van der Waals surface area contributed by atoms with Crippen molar-refractivity contribution in [2.45, 2.75) is 72.1 Å². The molecule has 2 fully saturated rings. The molecule has 2 aliphatic rings. The SMILES string of the molecule is c1cc[c]([Sn]([CH]2CCCCC2)[CH]2CCCCC2)cc1. The van der Waals surface area contributed by atoms with Gasteiger partial charge in [-0.2, -0.15) is 0 Å². The molecule has 1 heteroatoms. The van der Waals surface area contributed by atoms with Crippen LogP contribution in [-0.2, 0) is 0 Å². The summed E-state index contributed by atoms with van der Waals surface area (Å²) in [5.41, 5.74) is 0. The van der Waals surface area contributed by atoms with Gasteiger partial charge in [-0.1, -0.05) is 0 Å². The van der Waals surface area contributed by atoms with Gasteiger partial charge in [-0.25, -0.2) is 0 Å². The Kier molecular flexibility index (Phi) is 5.26. The molecule has 0 saturated heterocycles. The van der Waals surface area contributed by atoms with Crippen LogP contribution in [0.25, 0.3) is 0 Å². The zero-order valence-electron chi connectivity index (χ0n) is 12.1. The third-order valence-corrected chi connectivity index (χ3v) is 16.4. The molecule has 1 radical (unpaired) electrons. The average molecular weight is 362 g/mol. The van der Waals surface area contributed by atoms with Crippen molar-refractivity contribution in [1.82, 2.24) is 0 Å². The Morgan fingerprint density at radius 1 is 0.632 bits per heavy atom. The molecule has 0 N–H and O–H groups in total. The molecular formula is C18H27Sn. The Bertz CT molecular complexity index is 343. The van der Waals surface area contributed by atoms with Gasteiger partial charge in [0.25, 0.3) is 0 Å². The third-order valence-electron chi connectivity index (χ3n) is 5.20. The fraction of sp³-hybridized carbons (Fsp3) is 0.667. The molecule has 0 spiro atoms. The molecule has 1 aromatic carbocycles. The van der Waals surface area contributed by atoms with Gasteiger partial charge in [-0.05, 0) is 0 Å². The number of rotatable bonds is 3. The van der Waals surface area contributed by atoms with Gasteiger partial charge in [0.05, 0.1) is 0 Å². The first-order valence-electron chi connectivity index (χ1n) is 8.37. The van der Waals surface area contributed by atoms with Crippen molar-refractivity contribution in [2.75, 3.05) is 0 Å². The van der Waals surface area contributed by atoms with Gasteiger partial charge >= 0.3 is 126 Å². The van der Waals surface area contributed by atoms with Crippen LogP contribution in [0.4, 0.5) is 0 Å². The molecule has 0 bridgehead atoms. The van der Waals surface area contributed by atoms with Crippen molar-refractivity contribution in [3.63, 3.8) is 0 Å². The first kappa shape index (κ1) is 14.0. The van der Waals surface area contributed by atoms with E-state index in [1.807, 2.05) is 3.58 Å². The molecule has 0 unspecified atom stereocenters. The third kappa shape index (κ3) is 3.56. The van der Waals surface area contributed by atoms with Crippen molar-refractivity contribution in [3.8, 4) is 0 Å². The van der Waals surface area contributed by atoms with E-state index in [0.717, 1.165) is 0 Å². The fourth-order valence-corrected chi connectivity index (χ4v) is 16.4. The molecule has 19 heavy (non-hydrogen) atoms. The molecule has 1 aromatic rings. The van der Waals surface area contributed by atoms with Gasteiger partial charge in [0.1, 0.15) is 0 Å². The predicted octanol–water partition coefficient (Wildman–Crippen LogP) is 5.06. The minimum atomic E-state index is -1.43. The minimum absolute atomic E-state index is 1.17. The van der Waals surface area contributed by atoms with Gasteiger partial charge in [0, 0.05) is 0 Å². The molecule has 2 aliphatic carbocycles. The van der Waals surface area contributed by atoms with Crippen molar-refractivity contribution in [3.05, 3.63) is 30.3 Å². The van der Waals surface area contributed by atoms with Gasteiger partial charge in [0.2, 0.25) is 0 Å². The molecule has 0 aliphatic heterocycles. The molecule has 0 amide bonds. The van der Waals surface area contributed by atoms with Crippen molar-refractivity contribution >= 4 is 23.3 Å². The van der Waals surface area contributed by atoms with Crippen LogP contribution in [0.5, 0.6) is 0 Å². The molecule has 2 saturated carbocycles. The second kappa shape index (κ2) is 7.15. The van der Waals surface area contributed by atoms with E-state index in [-0.39, 0.29) is 0 Å². The molecule has 3 rings (SSSR count). The standard InChI is InChI=1S/2C6H11.C6H5.Sn/c3*1-2-4-6-5-3-1;/h2*1H,2-6H2;1-5H;. The molecular weight excluding hydrogens is 335 g/mol. The monoisotopic (exact) mass is 363 g/mol. The van der Waals surface area contributed by atoms with Gasteiger partial charge < -0.3 is 0 Å². The Hall–Kier alpha value is 0.0187. The second-order valence-corrected chi connectivity index (χ2v) is 15.4. The van der Waals surface area contributed by atoms with Crippen LogP contribution in [0.3, 0.4) is 0 Å². The molecule has 0 aromatic heterocycles. The van der Waals surface area contributed by atoms with Crippen LogP contribution in [0.1, 0.15) is 64.2 Å². The van der Waals surface area contributed by atoms with Crippen molar-refractivity contribution in [2.24, 2.45) is 0 Å². The zero-order valence-corrected chi connectivity index (χ0v) is 15.0.